The highest BCUT2D eigenvalue weighted by molar-refractivity contribution is 5.78. The van der Waals surface area contributed by atoms with E-state index in [-0.39, 0.29) is 18.6 Å². The molecule has 0 radical (unpaired) electrons. The number of rotatable bonds is 1. The lowest BCUT2D eigenvalue weighted by atomic mass is 10.1. The quantitative estimate of drug-likeness (QED) is 0.591. The summed E-state index contributed by atoms with van der Waals surface area (Å²) in [5, 5.41) is 0. The van der Waals surface area contributed by atoms with Gasteiger partial charge in [0.1, 0.15) is 6.61 Å². The van der Waals surface area contributed by atoms with Crippen LogP contribution in [-0.2, 0) is 9.53 Å². The Hall–Kier alpha value is -0.610. The first-order chi connectivity index (χ1) is 6.68. The van der Waals surface area contributed by atoms with Gasteiger partial charge in [0.2, 0.25) is 5.91 Å². The van der Waals surface area contributed by atoms with Gasteiger partial charge >= 0.3 is 0 Å². The summed E-state index contributed by atoms with van der Waals surface area (Å²) in [5.41, 5.74) is 0. The molecule has 2 rings (SSSR count). The van der Waals surface area contributed by atoms with Crippen molar-refractivity contribution in [2.24, 2.45) is 0 Å². The maximum absolute atomic E-state index is 11.5. The Balaban J connectivity index is 1.99. The van der Waals surface area contributed by atoms with Crippen LogP contribution in [0.1, 0.15) is 13.8 Å². The van der Waals surface area contributed by atoms with Crippen molar-refractivity contribution in [1.82, 2.24) is 9.80 Å². The van der Waals surface area contributed by atoms with Gasteiger partial charge in [-0.25, -0.2) is 0 Å². The van der Waals surface area contributed by atoms with E-state index in [9.17, 15) is 4.79 Å². The van der Waals surface area contributed by atoms with Crippen molar-refractivity contribution < 1.29 is 9.53 Å². The molecule has 1 atom stereocenters. The SMILES string of the molecule is CC(C)N1CCN2C(=O)COC[C@H]2C1. The fourth-order valence-electron chi connectivity index (χ4n) is 2.18. The molecule has 0 bridgehead atoms. The number of hydrogen-bond donors (Lipinski definition) is 0. The second-order valence-corrected chi connectivity index (χ2v) is 4.34. The van der Waals surface area contributed by atoms with Crippen LogP contribution in [0.5, 0.6) is 0 Å². The fourth-order valence-corrected chi connectivity index (χ4v) is 2.18. The molecule has 2 aliphatic heterocycles. The van der Waals surface area contributed by atoms with Crippen molar-refractivity contribution in [1.29, 1.82) is 0 Å². The van der Waals surface area contributed by atoms with Crippen molar-refractivity contribution in [3.05, 3.63) is 0 Å². The molecule has 1 amide bonds. The highest BCUT2D eigenvalue weighted by Gasteiger charge is 2.34. The summed E-state index contributed by atoms with van der Waals surface area (Å²) in [6, 6.07) is 0.849. The van der Waals surface area contributed by atoms with Gasteiger partial charge in [0.25, 0.3) is 0 Å². The molecule has 0 saturated carbocycles. The zero-order chi connectivity index (χ0) is 10.1. The van der Waals surface area contributed by atoms with Gasteiger partial charge in [0, 0.05) is 25.7 Å². The number of nitrogens with zero attached hydrogens (tertiary/aromatic N) is 2. The summed E-state index contributed by atoms with van der Waals surface area (Å²) < 4.78 is 5.26. The van der Waals surface area contributed by atoms with Gasteiger partial charge in [-0.1, -0.05) is 0 Å². The fraction of sp³-hybridized carbons (Fsp3) is 0.900. The Morgan fingerprint density at radius 2 is 2.21 bits per heavy atom. The van der Waals surface area contributed by atoms with Crippen LogP contribution in [0.25, 0.3) is 0 Å². The van der Waals surface area contributed by atoms with Gasteiger partial charge in [-0.2, -0.15) is 0 Å². The molecular formula is C10H18N2O2. The van der Waals surface area contributed by atoms with Crippen LogP contribution < -0.4 is 0 Å². The number of fused-ring (bicyclic) bond motifs is 1. The molecule has 14 heavy (non-hydrogen) atoms. The molecule has 0 spiro atoms. The highest BCUT2D eigenvalue weighted by atomic mass is 16.5. The van der Waals surface area contributed by atoms with Crippen molar-refractivity contribution >= 4 is 5.91 Å². The van der Waals surface area contributed by atoms with Crippen LogP contribution >= 0.6 is 0 Å². The van der Waals surface area contributed by atoms with Gasteiger partial charge in [-0.15, -0.1) is 0 Å². The van der Waals surface area contributed by atoms with E-state index in [1.807, 2.05) is 4.90 Å². The van der Waals surface area contributed by atoms with Crippen LogP contribution in [0, 0.1) is 0 Å². The molecule has 0 aromatic rings. The van der Waals surface area contributed by atoms with E-state index in [0.717, 1.165) is 19.6 Å². The molecule has 2 aliphatic rings. The molecule has 0 aliphatic carbocycles. The number of amides is 1. The van der Waals surface area contributed by atoms with Crippen LogP contribution in [0.2, 0.25) is 0 Å². The first kappa shape index (κ1) is 9.93. The van der Waals surface area contributed by atoms with E-state index in [1.165, 1.54) is 0 Å². The maximum atomic E-state index is 11.5. The first-order valence-electron chi connectivity index (χ1n) is 5.29. The molecule has 2 fully saturated rings. The molecule has 4 nitrogen and oxygen atoms in total. The minimum absolute atomic E-state index is 0.157. The zero-order valence-electron chi connectivity index (χ0n) is 8.90. The Morgan fingerprint density at radius 1 is 1.43 bits per heavy atom. The van der Waals surface area contributed by atoms with Crippen LogP contribution in [0.4, 0.5) is 0 Å². The predicted octanol–water partition coefficient (Wildman–Crippen LogP) is -0.0622. The van der Waals surface area contributed by atoms with Gasteiger partial charge in [0.15, 0.2) is 0 Å². The van der Waals surface area contributed by atoms with E-state index in [1.54, 1.807) is 0 Å². The second kappa shape index (κ2) is 3.87. The van der Waals surface area contributed by atoms with Gasteiger partial charge in [0.05, 0.1) is 12.6 Å². The van der Waals surface area contributed by atoms with Crippen molar-refractivity contribution in [3.63, 3.8) is 0 Å². The highest BCUT2D eigenvalue weighted by Crippen LogP contribution is 2.16. The standard InChI is InChI=1S/C10H18N2O2/c1-8(2)11-3-4-12-9(5-11)6-14-7-10(12)13/h8-9H,3-7H2,1-2H3/t9-/m1/s1. The molecule has 0 aromatic heterocycles. The van der Waals surface area contributed by atoms with Crippen molar-refractivity contribution in [2.75, 3.05) is 32.8 Å². The molecular weight excluding hydrogens is 180 g/mol. The molecule has 2 saturated heterocycles. The van der Waals surface area contributed by atoms with Gasteiger partial charge < -0.3 is 9.64 Å². The minimum atomic E-state index is 0.157. The van der Waals surface area contributed by atoms with Crippen LogP contribution in [0.3, 0.4) is 0 Å². The number of piperazine rings is 1. The van der Waals surface area contributed by atoms with Crippen molar-refractivity contribution in [3.8, 4) is 0 Å². The summed E-state index contributed by atoms with van der Waals surface area (Å²) in [5.74, 6) is 0.157. The Morgan fingerprint density at radius 3 is 2.93 bits per heavy atom. The average molecular weight is 198 g/mol. The Bertz CT molecular complexity index is 230. The lowest BCUT2D eigenvalue weighted by Crippen LogP contribution is -2.61. The zero-order valence-corrected chi connectivity index (χ0v) is 8.90. The molecule has 0 N–H and O–H groups in total. The van der Waals surface area contributed by atoms with E-state index in [4.69, 9.17) is 4.74 Å². The average Bonchev–Trinajstić information content (AvgIpc) is 2.17. The Labute approximate surface area is 84.8 Å². The third-order valence-corrected chi connectivity index (χ3v) is 3.10. The third-order valence-electron chi connectivity index (χ3n) is 3.10. The van der Waals surface area contributed by atoms with Crippen LogP contribution in [0.15, 0.2) is 0 Å². The summed E-state index contributed by atoms with van der Waals surface area (Å²) in [6.45, 7) is 8.20. The predicted molar refractivity (Wildman–Crippen MR) is 53.0 cm³/mol. The smallest absolute Gasteiger partial charge is 0.248 e. The van der Waals surface area contributed by atoms with E-state index >= 15 is 0 Å². The number of carbonyl (C=O) groups excluding carboxylic acids is 1. The number of carbonyl (C=O) groups is 1. The van der Waals surface area contributed by atoms with E-state index < -0.39 is 0 Å². The first-order valence-corrected chi connectivity index (χ1v) is 5.29. The molecule has 2 heterocycles. The Kier molecular flexibility index (Phi) is 2.74. The number of hydrogen-bond acceptors (Lipinski definition) is 3. The van der Waals surface area contributed by atoms with E-state index in [2.05, 4.69) is 18.7 Å². The summed E-state index contributed by atoms with van der Waals surface area (Å²) in [6.07, 6.45) is 0. The van der Waals surface area contributed by atoms with Crippen molar-refractivity contribution in [2.45, 2.75) is 25.9 Å². The molecule has 0 unspecified atom stereocenters. The van der Waals surface area contributed by atoms with Gasteiger partial charge in [-0.3, -0.25) is 9.69 Å². The molecule has 80 valence electrons. The molecule has 4 heteroatoms. The molecule has 0 aromatic carbocycles. The van der Waals surface area contributed by atoms with Gasteiger partial charge in [-0.05, 0) is 13.8 Å². The summed E-state index contributed by atoms with van der Waals surface area (Å²) in [7, 11) is 0. The topological polar surface area (TPSA) is 32.8 Å². The summed E-state index contributed by atoms with van der Waals surface area (Å²) in [4.78, 5) is 15.9. The third kappa shape index (κ3) is 1.77. The second-order valence-electron chi connectivity index (χ2n) is 4.34. The number of morpholine rings is 1. The van der Waals surface area contributed by atoms with Crippen LogP contribution in [-0.4, -0.2) is 60.6 Å². The summed E-state index contributed by atoms with van der Waals surface area (Å²) >= 11 is 0. The monoisotopic (exact) mass is 198 g/mol. The number of ether oxygens (including phenoxy) is 1. The normalized spacial score (nSPS) is 29.5. The minimum Gasteiger partial charge on any atom is -0.369 e. The lowest BCUT2D eigenvalue weighted by molar-refractivity contribution is -0.153. The lowest BCUT2D eigenvalue weighted by Gasteiger charge is -2.44. The van der Waals surface area contributed by atoms with E-state index in [0.29, 0.717) is 12.6 Å². The maximum Gasteiger partial charge on any atom is 0.248 e. The largest absolute Gasteiger partial charge is 0.369 e.